The average molecular weight is 333 g/mol. The lowest BCUT2D eigenvalue weighted by Gasteiger charge is -2.25. The minimum absolute atomic E-state index is 0.333. The van der Waals surface area contributed by atoms with E-state index in [1.807, 2.05) is 12.1 Å². The highest BCUT2D eigenvalue weighted by Crippen LogP contribution is 2.34. The first-order valence-electron chi connectivity index (χ1n) is 6.52. The average Bonchev–Trinajstić information content (AvgIpc) is 2.27. The Morgan fingerprint density at radius 1 is 1.33 bits per heavy atom. The maximum atomic E-state index is 6.39. The molecule has 1 atom stereocenters. The molecule has 0 aliphatic carbocycles. The van der Waals surface area contributed by atoms with Crippen molar-refractivity contribution in [1.29, 1.82) is 0 Å². The first-order valence-corrected chi connectivity index (χ1v) is 7.69. The van der Waals surface area contributed by atoms with Crippen LogP contribution in [0, 0.1) is 5.41 Å². The van der Waals surface area contributed by atoms with Gasteiger partial charge in [-0.1, -0.05) is 51.4 Å². The summed E-state index contributed by atoms with van der Waals surface area (Å²) in [6, 6.07) is 6.48. The van der Waals surface area contributed by atoms with Gasteiger partial charge in [0.25, 0.3) is 0 Å². The van der Waals surface area contributed by atoms with E-state index in [-0.39, 0.29) is 0 Å². The summed E-state index contributed by atoms with van der Waals surface area (Å²) in [5.41, 5.74) is 1.55. The second-order valence-electron chi connectivity index (χ2n) is 5.85. The Morgan fingerprint density at radius 2 is 2.00 bits per heavy atom. The Morgan fingerprint density at radius 3 is 2.56 bits per heavy atom. The second-order valence-corrected chi connectivity index (χ2v) is 7.08. The monoisotopic (exact) mass is 331 g/mol. The Hall–Kier alpha value is -0.0500. The van der Waals surface area contributed by atoms with Gasteiger partial charge in [-0.25, -0.2) is 0 Å². The van der Waals surface area contributed by atoms with Crippen molar-refractivity contribution in [2.24, 2.45) is 5.41 Å². The van der Waals surface area contributed by atoms with Gasteiger partial charge in [0.1, 0.15) is 0 Å². The summed E-state index contributed by atoms with van der Waals surface area (Å²) in [5.74, 6) is 0. The van der Waals surface area contributed by atoms with Crippen molar-refractivity contribution in [3.05, 3.63) is 33.3 Å². The van der Waals surface area contributed by atoms with Crippen LogP contribution in [0.15, 0.2) is 22.7 Å². The Labute approximate surface area is 124 Å². The van der Waals surface area contributed by atoms with Crippen LogP contribution in [-0.4, -0.2) is 6.54 Å². The van der Waals surface area contributed by atoms with E-state index in [0.717, 1.165) is 22.5 Å². The number of nitrogens with one attached hydrogen (secondary N) is 1. The predicted molar refractivity (Wildman–Crippen MR) is 84.3 cm³/mol. The van der Waals surface area contributed by atoms with Crippen LogP contribution in [0.1, 0.15) is 52.1 Å². The van der Waals surface area contributed by atoms with Gasteiger partial charge in [0.2, 0.25) is 0 Å². The summed E-state index contributed by atoms with van der Waals surface area (Å²) in [7, 11) is 0. The van der Waals surface area contributed by atoms with E-state index in [9.17, 15) is 0 Å². The lowest BCUT2D eigenvalue weighted by molar-refractivity contribution is 0.334. The Bertz CT molecular complexity index is 385. The summed E-state index contributed by atoms with van der Waals surface area (Å²) < 4.78 is 0.973. The largest absolute Gasteiger partial charge is 0.310 e. The summed E-state index contributed by atoms with van der Waals surface area (Å²) in [4.78, 5) is 0. The van der Waals surface area contributed by atoms with Crippen LogP contribution < -0.4 is 5.32 Å². The molecule has 0 amide bonds. The normalized spacial score (nSPS) is 13.7. The number of benzene rings is 1. The van der Waals surface area contributed by atoms with Crippen molar-refractivity contribution in [1.82, 2.24) is 5.32 Å². The van der Waals surface area contributed by atoms with Gasteiger partial charge in [-0.05, 0) is 52.4 Å². The molecule has 1 N–H and O–H groups in total. The van der Waals surface area contributed by atoms with Crippen LogP contribution >= 0.6 is 27.5 Å². The summed E-state index contributed by atoms with van der Waals surface area (Å²) in [6.45, 7) is 9.92. The maximum Gasteiger partial charge on any atom is 0.0595 e. The molecule has 0 aliphatic rings. The lowest BCUT2D eigenvalue weighted by Crippen LogP contribution is -2.23. The number of halogens is 2. The van der Waals surface area contributed by atoms with Crippen molar-refractivity contribution in [3.8, 4) is 0 Å². The third kappa shape index (κ3) is 4.91. The van der Waals surface area contributed by atoms with E-state index >= 15 is 0 Å². The molecule has 0 bridgehead atoms. The zero-order valence-corrected chi connectivity index (χ0v) is 14.0. The molecule has 0 aliphatic heterocycles. The molecule has 0 heterocycles. The van der Waals surface area contributed by atoms with E-state index in [1.54, 1.807) is 0 Å². The van der Waals surface area contributed by atoms with Gasteiger partial charge in [-0.3, -0.25) is 0 Å². The highest BCUT2D eigenvalue weighted by molar-refractivity contribution is 9.10. The van der Waals surface area contributed by atoms with Crippen LogP contribution in [0.2, 0.25) is 5.02 Å². The standard InChI is InChI=1S/C15H23BrClN/c1-5-18-13(9-10-15(2,3)4)11-7-6-8-12(16)14(11)17/h6-8,13,18H,5,9-10H2,1-4H3. The zero-order chi connectivity index (χ0) is 13.8. The summed E-state index contributed by atoms with van der Waals surface area (Å²) in [5, 5.41) is 4.37. The van der Waals surface area contributed by atoms with Crippen LogP contribution in [0.3, 0.4) is 0 Å². The van der Waals surface area contributed by atoms with Gasteiger partial charge in [0.15, 0.2) is 0 Å². The summed E-state index contributed by atoms with van der Waals surface area (Å²) >= 11 is 9.88. The topological polar surface area (TPSA) is 12.0 Å². The molecule has 0 aromatic heterocycles. The molecule has 102 valence electrons. The van der Waals surface area contributed by atoms with Gasteiger partial charge >= 0.3 is 0 Å². The van der Waals surface area contributed by atoms with Crippen molar-refractivity contribution in [2.45, 2.75) is 46.6 Å². The maximum absolute atomic E-state index is 6.39. The van der Waals surface area contributed by atoms with Crippen LogP contribution in [0.25, 0.3) is 0 Å². The second kappa shape index (κ2) is 6.93. The SMILES string of the molecule is CCNC(CCC(C)(C)C)c1cccc(Br)c1Cl. The zero-order valence-electron chi connectivity index (χ0n) is 11.7. The fourth-order valence-corrected chi connectivity index (χ4v) is 2.62. The molecule has 0 fully saturated rings. The van der Waals surface area contributed by atoms with Crippen LogP contribution in [0.4, 0.5) is 0 Å². The van der Waals surface area contributed by atoms with Crippen molar-refractivity contribution >= 4 is 27.5 Å². The molecule has 0 saturated carbocycles. The minimum atomic E-state index is 0.333. The number of rotatable bonds is 5. The third-order valence-electron chi connectivity index (χ3n) is 2.99. The molecule has 18 heavy (non-hydrogen) atoms. The molecule has 1 nitrogen and oxygen atoms in total. The van der Waals surface area contributed by atoms with Crippen LogP contribution in [-0.2, 0) is 0 Å². The number of hydrogen-bond acceptors (Lipinski definition) is 1. The van der Waals surface area contributed by atoms with E-state index < -0.39 is 0 Å². The first-order chi connectivity index (χ1) is 8.35. The molecular weight excluding hydrogens is 310 g/mol. The third-order valence-corrected chi connectivity index (χ3v) is 4.30. The molecule has 0 radical (unpaired) electrons. The Balaban J connectivity index is 2.87. The van der Waals surface area contributed by atoms with Gasteiger partial charge in [0.05, 0.1) is 5.02 Å². The quantitative estimate of drug-likeness (QED) is 0.742. The van der Waals surface area contributed by atoms with Gasteiger partial charge in [-0.15, -0.1) is 0 Å². The molecule has 1 aromatic carbocycles. The summed E-state index contributed by atoms with van der Waals surface area (Å²) in [6.07, 6.45) is 2.28. The molecular formula is C15H23BrClN. The Kier molecular flexibility index (Phi) is 6.16. The fourth-order valence-electron chi connectivity index (χ4n) is 1.98. The molecule has 0 spiro atoms. The number of hydrogen-bond donors (Lipinski definition) is 1. The first kappa shape index (κ1) is 16.0. The highest BCUT2D eigenvalue weighted by atomic mass is 79.9. The van der Waals surface area contributed by atoms with E-state index in [2.05, 4.69) is 55.0 Å². The molecule has 1 aromatic rings. The smallest absolute Gasteiger partial charge is 0.0595 e. The highest BCUT2D eigenvalue weighted by Gasteiger charge is 2.18. The van der Waals surface area contributed by atoms with Crippen molar-refractivity contribution in [2.75, 3.05) is 6.54 Å². The van der Waals surface area contributed by atoms with Crippen LogP contribution in [0.5, 0.6) is 0 Å². The fraction of sp³-hybridized carbons (Fsp3) is 0.600. The van der Waals surface area contributed by atoms with Crippen molar-refractivity contribution < 1.29 is 0 Å². The predicted octanol–water partition coefficient (Wildman–Crippen LogP) is 5.58. The molecule has 3 heteroatoms. The van der Waals surface area contributed by atoms with E-state index in [4.69, 9.17) is 11.6 Å². The van der Waals surface area contributed by atoms with E-state index in [1.165, 1.54) is 12.0 Å². The van der Waals surface area contributed by atoms with Crippen molar-refractivity contribution in [3.63, 3.8) is 0 Å². The van der Waals surface area contributed by atoms with Gasteiger partial charge in [0, 0.05) is 10.5 Å². The minimum Gasteiger partial charge on any atom is -0.310 e. The molecule has 1 unspecified atom stereocenters. The van der Waals surface area contributed by atoms with Gasteiger partial charge < -0.3 is 5.32 Å². The molecule has 0 saturated heterocycles. The lowest BCUT2D eigenvalue weighted by atomic mass is 9.87. The molecule has 1 rings (SSSR count). The van der Waals surface area contributed by atoms with E-state index in [0.29, 0.717) is 11.5 Å². The van der Waals surface area contributed by atoms with Gasteiger partial charge in [-0.2, -0.15) is 0 Å².